The molecule has 1 saturated carbocycles. The molecular weight excluding hydrogens is 226 g/mol. The number of aromatic amines is 1. The van der Waals surface area contributed by atoms with Crippen LogP contribution in [-0.2, 0) is 0 Å². The Kier molecular flexibility index (Phi) is 2.54. The first kappa shape index (κ1) is 11.5. The number of aromatic nitrogens is 3. The van der Waals surface area contributed by atoms with E-state index in [1.54, 1.807) is 7.11 Å². The van der Waals surface area contributed by atoms with Gasteiger partial charge in [-0.2, -0.15) is 4.98 Å². The third-order valence-corrected chi connectivity index (χ3v) is 4.14. The van der Waals surface area contributed by atoms with Gasteiger partial charge in [0.1, 0.15) is 5.82 Å². The van der Waals surface area contributed by atoms with Crippen molar-refractivity contribution in [3.63, 3.8) is 0 Å². The normalized spacial score (nSPS) is 22.5. The molecule has 1 atom stereocenters. The molecule has 0 radical (unpaired) electrons. The molecule has 18 heavy (non-hydrogen) atoms. The number of hydrogen-bond donors (Lipinski definition) is 1. The minimum absolute atomic E-state index is 0.331. The van der Waals surface area contributed by atoms with Crippen molar-refractivity contribution >= 4 is 11.2 Å². The summed E-state index contributed by atoms with van der Waals surface area (Å²) in [6.07, 6.45) is 3.76. The van der Waals surface area contributed by atoms with Crippen LogP contribution in [0.15, 0.2) is 12.1 Å². The first-order valence-electron chi connectivity index (χ1n) is 6.51. The predicted molar refractivity (Wildman–Crippen MR) is 70.8 cm³/mol. The maximum Gasteiger partial charge on any atom is 0.215 e. The van der Waals surface area contributed by atoms with E-state index in [1.807, 2.05) is 12.1 Å². The van der Waals surface area contributed by atoms with Crippen molar-refractivity contribution in [2.24, 2.45) is 5.41 Å². The van der Waals surface area contributed by atoms with Crippen LogP contribution in [-0.4, -0.2) is 22.1 Å². The summed E-state index contributed by atoms with van der Waals surface area (Å²) in [7, 11) is 1.63. The number of hydrogen-bond acceptors (Lipinski definition) is 3. The van der Waals surface area contributed by atoms with Gasteiger partial charge in [-0.1, -0.05) is 20.3 Å². The lowest BCUT2D eigenvalue weighted by molar-refractivity contribution is 0.323. The van der Waals surface area contributed by atoms with Crippen LogP contribution < -0.4 is 4.74 Å². The standard InChI is InChI=1S/C14H19N3O/c1-14(2)8-4-5-9(14)12-15-10-6-7-11(18-3)16-13(10)17-12/h6-7,9H,4-5,8H2,1-3H3,(H,15,16,17). The number of ether oxygens (including phenoxy) is 1. The second kappa shape index (κ2) is 3.97. The number of nitrogens with one attached hydrogen (secondary N) is 1. The van der Waals surface area contributed by atoms with Gasteiger partial charge in [-0.3, -0.25) is 0 Å². The van der Waals surface area contributed by atoms with E-state index in [4.69, 9.17) is 4.74 Å². The third-order valence-electron chi connectivity index (χ3n) is 4.14. The summed E-state index contributed by atoms with van der Waals surface area (Å²) in [5, 5.41) is 0. The number of rotatable bonds is 2. The smallest absolute Gasteiger partial charge is 0.215 e. The molecule has 1 fully saturated rings. The van der Waals surface area contributed by atoms with Crippen molar-refractivity contribution in [3.05, 3.63) is 18.0 Å². The van der Waals surface area contributed by atoms with E-state index < -0.39 is 0 Å². The van der Waals surface area contributed by atoms with Gasteiger partial charge in [-0.15, -0.1) is 0 Å². The molecule has 2 aromatic rings. The van der Waals surface area contributed by atoms with Crippen LogP contribution in [0.2, 0.25) is 0 Å². The summed E-state index contributed by atoms with van der Waals surface area (Å²) in [6, 6.07) is 3.85. The highest BCUT2D eigenvalue weighted by molar-refractivity contribution is 5.71. The first-order valence-corrected chi connectivity index (χ1v) is 6.51. The van der Waals surface area contributed by atoms with E-state index in [0.29, 0.717) is 17.2 Å². The van der Waals surface area contributed by atoms with Crippen LogP contribution in [0.1, 0.15) is 44.9 Å². The second-order valence-electron chi connectivity index (χ2n) is 5.78. The summed E-state index contributed by atoms with van der Waals surface area (Å²) in [6.45, 7) is 4.65. The van der Waals surface area contributed by atoms with Gasteiger partial charge >= 0.3 is 0 Å². The minimum Gasteiger partial charge on any atom is -0.481 e. The molecule has 1 N–H and O–H groups in total. The number of methoxy groups -OCH3 is 1. The van der Waals surface area contributed by atoms with Gasteiger partial charge in [0, 0.05) is 12.0 Å². The second-order valence-corrected chi connectivity index (χ2v) is 5.78. The lowest BCUT2D eigenvalue weighted by Crippen LogP contribution is -2.16. The quantitative estimate of drug-likeness (QED) is 0.883. The highest BCUT2D eigenvalue weighted by Gasteiger charge is 2.37. The van der Waals surface area contributed by atoms with Gasteiger partial charge in [0.25, 0.3) is 0 Å². The van der Waals surface area contributed by atoms with Gasteiger partial charge in [-0.25, -0.2) is 4.98 Å². The molecule has 4 nitrogen and oxygen atoms in total. The number of imidazole rings is 1. The van der Waals surface area contributed by atoms with E-state index in [0.717, 1.165) is 17.0 Å². The molecule has 1 aliphatic carbocycles. The van der Waals surface area contributed by atoms with Crippen molar-refractivity contribution in [1.82, 2.24) is 15.0 Å². The summed E-state index contributed by atoms with van der Waals surface area (Å²) in [5.74, 6) is 2.21. The number of nitrogens with zero attached hydrogens (tertiary/aromatic N) is 2. The fourth-order valence-electron chi connectivity index (χ4n) is 3.01. The molecule has 0 bridgehead atoms. The summed E-state index contributed by atoms with van der Waals surface area (Å²) in [4.78, 5) is 12.4. The Morgan fingerprint density at radius 2 is 2.17 bits per heavy atom. The van der Waals surface area contributed by atoms with Crippen molar-refractivity contribution in [2.45, 2.75) is 39.0 Å². The summed E-state index contributed by atoms with van der Waals surface area (Å²) >= 11 is 0. The van der Waals surface area contributed by atoms with E-state index in [9.17, 15) is 0 Å². The molecule has 0 saturated heterocycles. The summed E-state index contributed by atoms with van der Waals surface area (Å²) in [5.41, 5.74) is 2.08. The van der Waals surface area contributed by atoms with Crippen LogP contribution in [0.25, 0.3) is 11.2 Å². The highest BCUT2D eigenvalue weighted by atomic mass is 16.5. The lowest BCUT2D eigenvalue weighted by Gasteiger charge is -2.24. The number of pyridine rings is 1. The predicted octanol–water partition coefficient (Wildman–Crippen LogP) is 3.26. The average molecular weight is 245 g/mol. The molecular formula is C14H19N3O. The summed E-state index contributed by atoms with van der Waals surface area (Å²) < 4.78 is 5.13. The van der Waals surface area contributed by atoms with Crippen molar-refractivity contribution in [2.75, 3.05) is 7.11 Å². The zero-order valence-electron chi connectivity index (χ0n) is 11.2. The molecule has 2 aromatic heterocycles. The van der Waals surface area contributed by atoms with Crippen LogP contribution >= 0.6 is 0 Å². The molecule has 96 valence electrons. The Morgan fingerprint density at radius 3 is 2.83 bits per heavy atom. The molecule has 1 aliphatic rings. The molecule has 2 heterocycles. The van der Waals surface area contributed by atoms with Gasteiger partial charge < -0.3 is 9.72 Å². The Hall–Kier alpha value is -1.58. The number of fused-ring (bicyclic) bond motifs is 1. The van der Waals surface area contributed by atoms with Gasteiger partial charge in [0.05, 0.1) is 12.6 Å². The number of H-pyrrole nitrogens is 1. The topological polar surface area (TPSA) is 50.8 Å². The monoisotopic (exact) mass is 245 g/mol. The molecule has 0 amide bonds. The maximum absolute atomic E-state index is 5.13. The van der Waals surface area contributed by atoms with Crippen LogP contribution in [0.5, 0.6) is 5.88 Å². The molecule has 4 heteroatoms. The third kappa shape index (κ3) is 1.76. The fourth-order valence-corrected chi connectivity index (χ4v) is 3.01. The van der Waals surface area contributed by atoms with Crippen LogP contribution in [0, 0.1) is 5.41 Å². The molecule has 0 aliphatic heterocycles. The van der Waals surface area contributed by atoms with Crippen molar-refractivity contribution in [1.29, 1.82) is 0 Å². The molecule has 0 spiro atoms. The molecule has 3 rings (SSSR count). The average Bonchev–Trinajstić information content (AvgIpc) is 2.90. The zero-order valence-corrected chi connectivity index (χ0v) is 11.2. The van der Waals surface area contributed by atoms with Gasteiger partial charge in [-0.05, 0) is 24.3 Å². The van der Waals surface area contributed by atoms with Crippen molar-refractivity contribution in [3.8, 4) is 5.88 Å². The van der Waals surface area contributed by atoms with Crippen molar-refractivity contribution < 1.29 is 4.74 Å². The zero-order chi connectivity index (χ0) is 12.8. The Morgan fingerprint density at radius 1 is 1.33 bits per heavy atom. The van der Waals surface area contributed by atoms with Gasteiger partial charge in [0.15, 0.2) is 5.65 Å². The highest BCUT2D eigenvalue weighted by Crippen LogP contribution is 2.48. The molecule has 1 unspecified atom stereocenters. The van der Waals surface area contributed by atoms with E-state index >= 15 is 0 Å². The maximum atomic E-state index is 5.13. The minimum atomic E-state index is 0.331. The first-order chi connectivity index (χ1) is 8.60. The Balaban J connectivity index is 2.03. The van der Waals surface area contributed by atoms with Crippen LogP contribution in [0.3, 0.4) is 0 Å². The fraction of sp³-hybridized carbons (Fsp3) is 0.571. The van der Waals surface area contributed by atoms with E-state index in [1.165, 1.54) is 19.3 Å². The Bertz CT molecular complexity index is 573. The SMILES string of the molecule is COc1ccc2[nH]c(C3CCCC3(C)C)nc2n1. The lowest BCUT2D eigenvalue weighted by atomic mass is 9.81. The largest absolute Gasteiger partial charge is 0.481 e. The molecule has 0 aromatic carbocycles. The van der Waals surface area contributed by atoms with E-state index in [2.05, 4.69) is 28.8 Å². The van der Waals surface area contributed by atoms with Gasteiger partial charge in [0.2, 0.25) is 5.88 Å². The Labute approximate surface area is 107 Å². The van der Waals surface area contributed by atoms with Crippen LogP contribution in [0.4, 0.5) is 0 Å². The van der Waals surface area contributed by atoms with E-state index in [-0.39, 0.29) is 0 Å².